The first-order valence-corrected chi connectivity index (χ1v) is 21.5. The number of rotatable bonds is 11. The molecule has 7 rings (SSSR count). The van der Waals surface area contributed by atoms with Crippen LogP contribution in [0.3, 0.4) is 0 Å². The number of carbonyl (C=O) groups is 1. The predicted molar refractivity (Wildman–Crippen MR) is 220 cm³/mol. The number of anilines is 1. The summed E-state index contributed by atoms with van der Waals surface area (Å²) in [6.45, 7) is 12.7. The number of carboxylic acids is 1. The number of ether oxygens (including phenoxy) is 1. The second kappa shape index (κ2) is 15.0. The van der Waals surface area contributed by atoms with Gasteiger partial charge in [0.15, 0.2) is 5.60 Å². The smallest absolute Gasteiger partial charge is 0.341 e. The van der Waals surface area contributed by atoms with Crippen LogP contribution in [0.5, 0.6) is 5.75 Å². The fourth-order valence-corrected chi connectivity index (χ4v) is 14.3. The molecule has 4 aromatic carbocycles. The Morgan fingerprint density at radius 1 is 1.06 bits per heavy atom. The lowest BCUT2D eigenvalue weighted by Crippen LogP contribution is -2.68. The molecule has 1 saturated carbocycles. The highest BCUT2D eigenvalue weighted by Gasteiger charge is 2.53. The fraction of sp³-hybridized carbons (Fsp3) is 0.400. The van der Waals surface area contributed by atoms with E-state index in [0.717, 1.165) is 42.8 Å². The van der Waals surface area contributed by atoms with Gasteiger partial charge in [-0.25, -0.2) is 4.79 Å². The van der Waals surface area contributed by atoms with Gasteiger partial charge in [0.2, 0.25) is 0 Å². The molecule has 3 aliphatic rings. The molecule has 5 atom stereocenters. The molecule has 1 spiro atoms. The average Bonchev–Trinajstić information content (AvgIpc) is 3.31. The second-order valence-electron chi connectivity index (χ2n) is 16.6. The molecule has 0 aromatic heterocycles. The van der Waals surface area contributed by atoms with Crippen molar-refractivity contribution in [2.24, 2.45) is 17.6 Å². The van der Waals surface area contributed by atoms with Crippen LogP contribution in [-0.2, 0) is 26.7 Å². The van der Waals surface area contributed by atoms with Crippen LogP contribution in [-0.4, -0.2) is 56.8 Å². The van der Waals surface area contributed by atoms with Crippen molar-refractivity contribution in [3.05, 3.63) is 131 Å². The summed E-state index contributed by atoms with van der Waals surface area (Å²) in [6.07, 6.45) is 6.77. The number of carboxylic acid groups (broad SMARTS) is 1. The van der Waals surface area contributed by atoms with E-state index >= 15 is 0 Å². The quantitative estimate of drug-likeness (QED) is 0.110. The van der Waals surface area contributed by atoms with E-state index in [4.69, 9.17) is 26.5 Å². The summed E-state index contributed by atoms with van der Waals surface area (Å²) in [7, 11) is -2.86. The number of aliphatic hydroxyl groups is 1. The summed E-state index contributed by atoms with van der Waals surface area (Å²) in [6, 6.07) is 32.9. The minimum absolute atomic E-state index is 0.179. The Balaban J connectivity index is 1.27. The molecule has 284 valence electrons. The first-order valence-electron chi connectivity index (χ1n) is 19.2. The Hall–Kier alpha value is -3.92. The van der Waals surface area contributed by atoms with Gasteiger partial charge in [0, 0.05) is 30.1 Å². The summed E-state index contributed by atoms with van der Waals surface area (Å²) >= 11 is 6.50. The molecule has 4 aromatic rings. The summed E-state index contributed by atoms with van der Waals surface area (Å²) in [5.41, 5.74) is 6.87. The Morgan fingerprint density at radius 3 is 2.31 bits per heavy atom. The predicted octanol–water partition coefficient (Wildman–Crippen LogP) is 7.20. The molecule has 54 heavy (non-hydrogen) atoms. The number of aliphatic carboxylic acids is 1. The Morgan fingerprint density at radius 2 is 1.74 bits per heavy atom. The summed E-state index contributed by atoms with van der Waals surface area (Å²) in [5, 5.41) is 24.3. The van der Waals surface area contributed by atoms with Gasteiger partial charge in [-0.15, -0.1) is 6.58 Å². The summed E-state index contributed by atoms with van der Waals surface area (Å²) < 4.78 is 14.3. The molecule has 0 amide bonds. The number of nitrogens with zero attached hydrogens (tertiary/aromatic N) is 1. The van der Waals surface area contributed by atoms with E-state index in [0.29, 0.717) is 25.4 Å². The molecule has 1 aliphatic heterocycles. The number of hydrogen-bond acceptors (Lipinski definition) is 6. The molecule has 2 aliphatic carbocycles. The largest absolute Gasteiger partial charge is 0.490 e. The summed E-state index contributed by atoms with van der Waals surface area (Å²) in [4.78, 5) is 14.7. The van der Waals surface area contributed by atoms with Gasteiger partial charge in [0.05, 0.1) is 18.4 Å². The van der Waals surface area contributed by atoms with Gasteiger partial charge in [0.1, 0.15) is 5.75 Å². The van der Waals surface area contributed by atoms with Crippen molar-refractivity contribution in [3.8, 4) is 5.75 Å². The minimum Gasteiger partial charge on any atom is -0.490 e. The zero-order valence-electron chi connectivity index (χ0n) is 31.6. The number of benzene rings is 4. The molecule has 1 heterocycles. The van der Waals surface area contributed by atoms with Crippen molar-refractivity contribution in [1.29, 1.82) is 0 Å². The van der Waals surface area contributed by atoms with E-state index in [1.807, 2.05) is 12.1 Å². The molecule has 0 bridgehead atoms. The van der Waals surface area contributed by atoms with Crippen molar-refractivity contribution in [2.75, 3.05) is 31.1 Å². The number of halogens is 1. The van der Waals surface area contributed by atoms with Crippen LogP contribution < -0.4 is 25.7 Å². The van der Waals surface area contributed by atoms with Crippen LogP contribution in [0.2, 0.25) is 10.1 Å². The third-order valence-electron chi connectivity index (χ3n) is 12.5. The van der Waals surface area contributed by atoms with Gasteiger partial charge < -0.3 is 30.0 Å². The van der Waals surface area contributed by atoms with Crippen molar-refractivity contribution in [2.45, 2.75) is 75.0 Å². The third-order valence-corrected chi connectivity index (χ3v) is 17.7. The maximum absolute atomic E-state index is 12.3. The van der Waals surface area contributed by atoms with Crippen LogP contribution in [0.1, 0.15) is 63.1 Å². The Labute approximate surface area is 325 Å². The average molecular weight is 765 g/mol. The van der Waals surface area contributed by atoms with E-state index in [-0.39, 0.29) is 34.0 Å². The molecule has 0 radical (unpaired) electrons. The van der Waals surface area contributed by atoms with Crippen LogP contribution in [0.15, 0.2) is 110 Å². The van der Waals surface area contributed by atoms with Gasteiger partial charge in [-0.05, 0) is 100 Å². The van der Waals surface area contributed by atoms with Gasteiger partial charge in [-0.2, -0.15) is 0 Å². The highest BCUT2D eigenvalue weighted by Crippen LogP contribution is 2.48. The Kier molecular flexibility index (Phi) is 10.6. The van der Waals surface area contributed by atoms with Gasteiger partial charge in [-0.1, -0.05) is 111 Å². The fourth-order valence-electron chi connectivity index (χ4n) is 9.44. The highest BCUT2D eigenvalue weighted by atomic mass is 35.5. The number of nitrogens with two attached hydrogens (primary N) is 1. The van der Waals surface area contributed by atoms with Crippen LogP contribution in [0.4, 0.5) is 5.69 Å². The van der Waals surface area contributed by atoms with Crippen LogP contribution in [0, 0.1) is 11.8 Å². The molecule has 1 fully saturated rings. The van der Waals surface area contributed by atoms with E-state index in [9.17, 15) is 15.0 Å². The van der Waals surface area contributed by atoms with E-state index < -0.39 is 26.4 Å². The lowest BCUT2D eigenvalue weighted by molar-refractivity contribution is -0.158. The molecule has 7 nitrogen and oxygen atoms in total. The van der Waals surface area contributed by atoms with Gasteiger partial charge in [0.25, 0.3) is 8.32 Å². The van der Waals surface area contributed by atoms with Crippen LogP contribution in [0.25, 0.3) is 0 Å². The van der Waals surface area contributed by atoms with E-state index in [1.54, 1.807) is 18.2 Å². The van der Waals surface area contributed by atoms with E-state index in [2.05, 4.69) is 105 Å². The standard InChI is InChI=1S/C45H53ClN2O5Si/c1-5-40(53-54(43(2,3)4,35-14-8-6-9-15-35)36-16-10-7-11-17-36)37-21-18-32(37)27-48-29-44(24-12-13-31-25-34(46)20-22-38(31)44)30-52-41-23-19-33(26-39(41)48)45(51,28-47)42(49)50/h5-11,14-17,19-20,22-23,25-26,32,37,40,51H,1,12-13,18,21,24,27-30,47H2,2-4H3,(H,49,50)/t32-,37+,40?,44-,45?/m0/s1. The summed E-state index contributed by atoms with van der Waals surface area (Å²) in [5.74, 6) is -0.234. The number of fused-ring (bicyclic) bond motifs is 3. The Bertz CT molecular complexity index is 1950. The molecular formula is C45H53ClN2O5Si. The molecule has 0 saturated heterocycles. The zero-order chi connectivity index (χ0) is 38.3. The SMILES string of the molecule is C=CC(O[Si](c1ccccc1)(c1ccccc1)C(C)(C)C)[C@@H]1CC[C@H]1CN1C[C@@]2(CCCc3cc(Cl)ccc32)COc2ccc(C(O)(CN)C(=O)O)cc21. The minimum atomic E-state index is -2.86. The zero-order valence-corrected chi connectivity index (χ0v) is 33.4. The second-order valence-corrected chi connectivity index (χ2v) is 21.3. The first kappa shape index (κ1) is 38.4. The topological polar surface area (TPSA) is 105 Å². The van der Waals surface area contributed by atoms with Crippen molar-refractivity contribution in [3.63, 3.8) is 0 Å². The van der Waals surface area contributed by atoms with Crippen molar-refractivity contribution >= 4 is 41.9 Å². The maximum Gasteiger partial charge on any atom is 0.341 e. The molecule has 2 unspecified atom stereocenters. The van der Waals surface area contributed by atoms with E-state index in [1.165, 1.54) is 21.5 Å². The van der Waals surface area contributed by atoms with Gasteiger partial charge in [-0.3, -0.25) is 0 Å². The van der Waals surface area contributed by atoms with Crippen LogP contribution >= 0.6 is 11.6 Å². The van der Waals surface area contributed by atoms with Crippen molar-refractivity contribution in [1.82, 2.24) is 0 Å². The molecular weight excluding hydrogens is 712 g/mol. The monoisotopic (exact) mass is 764 g/mol. The first-order chi connectivity index (χ1) is 25.8. The number of aryl methyl sites for hydroxylation is 1. The normalized spacial score (nSPS) is 22.8. The van der Waals surface area contributed by atoms with Gasteiger partial charge >= 0.3 is 5.97 Å². The maximum atomic E-state index is 12.3. The third kappa shape index (κ3) is 6.70. The highest BCUT2D eigenvalue weighted by molar-refractivity contribution is 6.99. The lowest BCUT2D eigenvalue weighted by Gasteiger charge is -2.50. The molecule has 9 heteroatoms. The van der Waals surface area contributed by atoms with Crippen molar-refractivity contribution < 1.29 is 24.2 Å². The molecule has 4 N–H and O–H groups in total. The lowest BCUT2D eigenvalue weighted by atomic mass is 9.68. The number of hydrogen-bond donors (Lipinski definition) is 3.